The van der Waals surface area contributed by atoms with Crippen LogP contribution in [0.15, 0.2) is 18.2 Å². The van der Waals surface area contributed by atoms with E-state index < -0.39 is 0 Å². The molecule has 2 rings (SSSR count). The molecule has 1 aromatic rings. The first-order chi connectivity index (χ1) is 8.70. The van der Waals surface area contributed by atoms with E-state index in [9.17, 15) is 9.90 Å². The third-order valence-corrected chi connectivity index (χ3v) is 3.13. The van der Waals surface area contributed by atoms with Crippen molar-refractivity contribution in [1.82, 2.24) is 5.32 Å². The lowest BCUT2D eigenvalue weighted by Gasteiger charge is -2.22. The predicted octanol–water partition coefficient (Wildman–Crippen LogP) is 1.34. The molecule has 5 heteroatoms. The minimum atomic E-state index is -0.0641. The first kappa shape index (κ1) is 12.7. The minimum absolute atomic E-state index is 0.0376. The van der Waals surface area contributed by atoms with E-state index in [0.29, 0.717) is 18.0 Å². The molecule has 1 heterocycles. The smallest absolute Gasteiger partial charge is 0.228 e. The summed E-state index contributed by atoms with van der Waals surface area (Å²) in [6, 6.07) is 4.77. The predicted molar refractivity (Wildman–Crippen MR) is 68.9 cm³/mol. The summed E-state index contributed by atoms with van der Waals surface area (Å²) in [4.78, 5) is 12.0. The summed E-state index contributed by atoms with van der Waals surface area (Å²) in [7, 11) is 1.54. The number of nitrogens with one attached hydrogen (secondary N) is 2. The third kappa shape index (κ3) is 2.92. The van der Waals surface area contributed by atoms with Crippen LogP contribution in [0.5, 0.6) is 11.5 Å². The van der Waals surface area contributed by atoms with Gasteiger partial charge in [-0.15, -0.1) is 0 Å². The number of benzene rings is 1. The molecule has 0 aromatic heterocycles. The number of anilines is 1. The van der Waals surface area contributed by atoms with Crippen molar-refractivity contribution in [1.29, 1.82) is 0 Å². The van der Waals surface area contributed by atoms with Gasteiger partial charge >= 0.3 is 0 Å². The Kier molecular flexibility index (Phi) is 4.04. The van der Waals surface area contributed by atoms with E-state index in [2.05, 4.69) is 10.6 Å². The second kappa shape index (κ2) is 5.73. The summed E-state index contributed by atoms with van der Waals surface area (Å²) >= 11 is 0. The number of aromatic hydroxyl groups is 1. The summed E-state index contributed by atoms with van der Waals surface area (Å²) in [6.07, 6.45) is 1.88. The maximum absolute atomic E-state index is 12.0. The number of piperidine rings is 1. The molecule has 0 spiro atoms. The Bertz CT molecular complexity index is 428. The molecule has 1 aliphatic rings. The van der Waals surface area contributed by atoms with Crippen LogP contribution in [0.1, 0.15) is 12.8 Å². The van der Waals surface area contributed by atoms with Crippen molar-refractivity contribution in [2.45, 2.75) is 12.8 Å². The van der Waals surface area contributed by atoms with Gasteiger partial charge in [0.15, 0.2) is 0 Å². The number of methoxy groups -OCH3 is 1. The molecule has 98 valence electrons. The molecule has 0 bridgehead atoms. The summed E-state index contributed by atoms with van der Waals surface area (Å²) in [5, 5.41) is 15.6. The Hall–Kier alpha value is -1.75. The van der Waals surface area contributed by atoms with E-state index in [1.165, 1.54) is 6.07 Å². The van der Waals surface area contributed by atoms with Gasteiger partial charge in [0.05, 0.1) is 18.7 Å². The average Bonchev–Trinajstić information content (AvgIpc) is 2.42. The van der Waals surface area contributed by atoms with Gasteiger partial charge in [-0.2, -0.15) is 0 Å². The van der Waals surface area contributed by atoms with Crippen LogP contribution in [-0.2, 0) is 4.79 Å². The van der Waals surface area contributed by atoms with Gasteiger partial charge in [-0.05, 0) is 31.5 Å². The second-order valence-electron chi connectivity index (χ2n) is 4.42. The fourth-order valence-electron chi connectivity index (χ4n) is 2.05. The van der Waals surface area contributed by atoms with Crippen molar-refractivity contribution < 1.29 is 14.6 Å². The zero-order valence-electron chi connectivity index (χ0n) is 10.4. The van der Waals surface area contributed by atoms with Gasteiger partial charge in [-0.3, -0.25) is 4.79 Å². The van der Waals surface area contributed by atoms with Crippen LogP contribution < -0.4 is 15.4 Å². The van der Waals surface area contributed by atoms with Crippen LogP contribution in [0.2, 0.25) is 0 Å². The fourth-order valence-corrected chi connectivity index (χ4v) is 2.05. The van der Waals surface area contributed by atoms with Crippen molar-refractivity contribution in [3.63, 3.8) is 0 Å². The standard InChI is InChI=1S/C13H18N2O3/c1-18-10-4-5-12(16)11(7-10)15-13(17)9-3-2-6-14-8-9/h4-5,7,9,14,16H,2-3,6,8H2,1H3,(H,15,17). The number of carbonyl (C=O) groups is 1. The quantitative estimate of drug-likeness (QED) is 0.708. The highest BCUT2D eigenvalue weighted by molar-refractivity contribution is 5.94. The van der Waals surface area contributed by atoms with Gasteiger partial charge in [0, 0.05) is 12.6 Å². The third-order valence-electron chi connectivity index (χ3n) is 3.13. The highest BCUT2D eigenvalue weighted by Crippen LogP contribution is 2.28. The van der Waals surface area contributed by atoms with Crippen LogP contribution in [0.25, 0.3) is 0 Å². The molecular formula is C13H18N2O3. The molecule has 18 heavy (non-hydrogen) atoms. The maximum atomic E-state index is 12.0. The first-order valence-electron chi connectivity index (χ1n) is 6.09. The van der Waals surface area contributed by atoms with E-state index in [1.807, 2.05) is 0 Å². The Balaban J connectivity index is 2.05. The molecule has 0 aliphatic carbocycles. The molecule has 3 N–H and O–H groups in total. The van der Waals surface area contributed by atoms with Crippen molar-refractivity contribution in [2.24, 2.45) is 5.92 Å². The van der Waals surface area contributed by atoms with Crippen LogP contribution in [0, 0.1) is 5.92 Å². The van der Waals surface area contributed by atoms with Gasteiger partial charge in [0.2, 0.25) is 5.91 Å². The van der Waals surface area contributed by atoms with E-state index >= 15 is 0 Å². The Morgan fingerprint density at radius 1 is 1.56 bits per heavy atom. The van der Waals surface area contributed by atoms with E-state index in [1.54, 1.807) is 19.2 Å². The number of rotatable bonds is 3. The molecular weight excluding hydrogens is 232 g/mol. The van der Waals surface area contributed by atoms with Crippen molar-refractivity contribution in [3.05, 3.63) is 18.2 Å². The van der Waals surface area contributed by atoms with Gasteiger partial charge in [-0.1, -0.05) is 0 Å². The molecule has 1 unspecified atom stereocenters. The number of phenolic OH excluding ortho intramolecular Hbond substituents is 1. The largest absolute Gasteiger partial charge is 0.506 e. The number of ether oxygens (including phenoxy) is 1. The zero-order valence-corrected chi connectivity index (χ0v) is 10.4. The maximum Gasteiger partial charge on any atom is 0.228 e. The van der Waals surface area contributed by atoms with Crippen molar-refractivity contribution in [2.75, 3.05) is 25.5 Å². The van der Waals surface area contributed by atoms with Crippen LogP contribution >= 0.6 is 0 Å². The van der Waals surface area contributed by atoms with E-state index in [4.69, 9.17) is 4.74 Å². The van der Waals surface area contributed by atoms with Crippen molar-refractivity contribution in [3.8, 4) is 11.5 Å². The molecule has 1 fully saturated rings. The van der Waals surface area contributed by atoms with Gasteiger partial charge in [-0.25, -0.2) is 0 Å². The molecule has 0 radical (unpaired) electrons. The first-order valence-corrected chi connectivity index (χ1v) is 6.09. The normalized spacial score (nSPS) is 19.3. The number of carbonyl (C=O) groups excluding carboxylic acids is 1. The number of amides is 1. The molecule has 1 amide bonds. The highest BCUT2D eigenvalue weighted by Gasteiger charge is 2.21. The molecule has 1 aromatic carbocycles. The van der Waals surface area contributed by atoms with Crippen LogP contribution in [0.4, 0.5) is 5.69 Å². The monoisotopic (exact) mass is 250 g/mol. The van der Waals surface area contributed by atoms with Crippen LogP contribution in [-0.4, -0.2) is 31.2 Å². The number of phenols is 1. The molecule has 1 aliphatic heterocycles. The minimum Gasteiger partial charge on any atom is -0.506 e. The van der Waals surface area contributed by atoms with Gasteiger partial charge in [0.25, 0.3) is 0 Å². The Morgan fingerprint density at radius 2 is 2.39 bits per heavy atom. The summed E-state index contributed by atoms with van der Waals surface area (Å²) in [5.41, 5.74) is 0.393. The summed E-state index contributed by atoms with van der Waals surface area (Å²) in [6.45, 7) is 1.66. The topological polar surface area (TPSA) is 70.6 Å². The van der Waals surface area contributed by atoms with E-state index in [-0.39, 0.29) is 17.6 Å². The fraction of sp³-hybridized carbons (Fsp3) is 0.462. The summed E-state index contributed by atoms with van der Waals surface area (Å²) in [5.74, 6) is 0.549. The zero-order chi connectivity index (χ0) is 13.0. The second-order valence-corrected chi connectivity index (χ2v) is 4.42. The van der Waals surface area contributed by atoms with Gasteiger partial charge < -0.3 is 20.5 Å². The SMILES string of the molecule is COc1ccc(O)c(NC(=O)C2CCCNC2)c1. The Labute approximate surface area is 106 Å². The van der Waals surface area contributed by atoms with Gasteiger partial charge in [0.1, 0.15) is 11.5 Å². The number of hydrogen-bond donors (Lipinski definition) is 3. The molecule has 1 saturated heterocycles. The molecule has 5 nitrogen and oxygen atoms in total. The lowest BCUT2D eigenvalue weighted by Crippen LogP contribution is -2.37. The lowest BCUT2D eigenvalue weighted by atomic mass is 9.99. The Morgan fingerprint density at radius 3 is 3.06 bits per heavy atom. The molecule has 0 saturated carbocycles. The average molecular weight is 250 g/mol. The highest BCUT2D eigenvalue weighted by atomic mass is 16.5. The van der Waals surface area contributed by atoms with E-state index in [0.717, 1.165) is 19.4 Å². The lowest BCUT2D eigenvalue weighted by molar-refractivity contribution is -0.120. The summed E-state index contributed by atoms with van der Waals surface area (Å²) < 4.78 is 5.06. The van der Waals surface area contributed by atoms with Crippen molar-refractivity contribution >= 4 is 11.6 Å². The van der Waals surface area contributed by atoms with Crippen LogP contribution in [0.3, 0.4) is 0 Å². The molecule has 1 atom stereocenters. The number of hydrogen-bond acceptors (Lipinski definition) is 4.